The first-order chi connectivity index (χ1) is 12.1. The molecule has 0 spiro atoms. The Morgan fingerprint density at radius 3 is 2.44 bits per heavy atom. The maximum atomic E-state index is 12.1. The van der Waals surface area contributed by atoms with Crippen LogP contribution in [0.15, 0.2) is 70.6 Å². The smallest absolute Gasteiger partial charge is 0.189 e. The van der Waals surface area contributed by atoms with E-state index in [9.17, 15) is 4.21 Å². The topological polar surface area (TPSA) is 44.8 Å². The monoisotopic (exact) mass is 424 g/mol. The van der Waals surface area contributed by atoms with Gasteiger partial charge in [0.05, 0.1) is 31.3 Å². The molecule has 0 aromatic heterocycles. The molecule has 6 heteroatoms. The first-order valence-electron chi connectivity index (χ1n) is 7.80. The highest BCUT2D eigenvalue weighted by atomic mass is 79.9. The van der Waals surface area contributed by atoms with Crippen LogP contribution in [0, 0.1) is 0 Å². The molecule has 2 atom stereocenters. The summed E-state index contributed by atoms with van der Waals surface area (Å²) in [6, 6.07) is 14.9. The molecule has 2 rings (SSSR count). The number of halogens is 1. The van der Waals surface area contributed by atoms with Crippen LogP contribution in [-0.4, -0.2) is 24.0 Å². The first kappa shape index (κ1) is 19.8. The summed E-state index contributed by atoms with van der Waals surface area (Å²) in [6.45, 7) is 4.57. The van der Waals surface area contributed by atoms with Crippen molar-refractivity contribution < 1.29 is 17.9 Å². The second kappa shape index (κ2) is 10.5. The van der Waals surface area contributed by atoms with Crippen molar-refractivity contribution in [2.24, 2.45) is 0 Å². The molecule has 0 saturated heterocycles. The lowest BCUT2D eigenvalue weighted by molar-refractivity contribution is 0.0583. The van der Waals surface area contributed by atoms with Gasteiger partial charge in [-0.15, -0.1) is 6.58 Å². The molecule has 0 aliphatic carbocycles. The van der Waals surface area contributed by atoms with Gasteiger partial charge in [0.2, 0.25) is 0 Å². The molecule has 0 aliphatic rings. The quantitative estimate of drug-likeness (QED) is 0.520. The van der Waals surface area contributed by atoms with Crippen LogP contribution >= 0.6 is 15.9 Å². The SMILES string of the molecule is C=CC(CCOS(=O)c1ccc(Br)cc1)OCc1ccc(OC)cc1. The van der Waals surface area contributed by atoms with Crippen LogP contribution in [0.4, 0.5) is 0 Å². The molecule has 0 amide bonds. The Kier molecular flexibility index (Phi) is 8.34. The van der Waals surface area contributed by atoms with Crippen molar-refractivity contribution in [3.63, 3.8) is 0 Å². The first-order valence-corrected chi connectivity index (χ1v) is 9.67. The fraction of sp³-hybridized carbons (Fsp3) is 0.263. The summed E-state index contributed by atoms with van der Waals surface area (Å²) >= 11 is 1.87. The van der Waals surface area contributed by atoms with E-state index in [0.717, 1.165) is 15.8 Å². The van der Waals surface area contributed by atoms with Crippen LogP contribution < -0.4 is 4.74 Å². The Morgan fingerprint density at radius 2 is 1.84 bits per heavy atom. The van der Waals surface area contributed by atoms with Crippen LogP contribution in [0.25, 0.3) is 0 Å². The number of methoxy groups -OCH3 is 1. The van der Waals surface area contributed by atoms with Gasteiger partial charge in [0.15, 0.2) is 11.1 Å². The molecule has 4 nitrogen and oxygen atoms in total. The molecule has 2 aromatic carbocycles. The number of benzene rings is 2. The third kappa shape index (κ3) is 6.74. The van der Waals surface area contributed by atoms with Crippen LogP contribution in [0.5, 0.6) is 5.75 Å². The van der Waals surface area contributed by atoms with Crippen molar-refractivity contribution in [1.82, 2.24) is 0 Å². The van der Waals surface area contributed by atoms with Gasteiger partial charge in [-0.3, -0.25) is 4.18 Å². The molecule has 0 saturated carbocycles. The van der Waals surface area contributed by atoms with Crippen molar-refractivity contribution in [2.75, 3.05) is 13.7 Å². The molecule has 0 fully saturated rings. The van der Waals surface area contributed by atoms with Crippen molar-refractivity contribution >= 4 is 27.0 Å². The Labute approximate surface area is 159 Å². The van der Waals surface area contributed by atoms with Gasteiger partial charge in [0, 0.05) is 10.9 Å². The minimum absolute atomic E-state index is 0.163. The van der Waals surface area contributed by atoms with E-state index < -0.39 is 11.1 Å². The Hall–Kier alpha value is -1.47. The molecule has 0 bridgehead atoms. The van der Waals surface area contributed by atoms with Gasteiger partial charge in [0.1, 0.15) is 5.75 Å². The summed E-state index contributed by atoms with van der Waals surface area (Å²) < 4.78 is 29.3. The third-order valence-corrected chi connectivity index (χ3v) is 5.05. The van der Waals surface area contributed by atoms with Crippen molar-refractivity contribution in [1.29, 1.82) is 0 Å². The predicted molar refractivity (Wildman–Crippen MR) is 103 cm³/mol. The summed E-state index contributed by atoms with van der Waals surface area (Å²) in [5.41, 5.74) is 1.05. The largest absolute Gasteiger partial charge is 0.497 e. The fourth-order valence-electron chi connectivity index (χ4n) is 2.05. The number of hydrogen-bond donors (Lipinski definition) is 0. The molecule has 134 valence electrons. The van der Waals surface area contributed by atoms with Gasteiger partial charge in [-0.05, 0) is 42.0 Å². The summed E-state index contributed by atoms with van der Waals surface area (Å²) in [5, 5.41) is 0. The number of ether oxygens (including phenoxy) is 2. The molecule has 2 unspecified atom stereocenters. The van der Waals surface area contributed by atoms with Gasteiger partial charge in [-0.1, -0.05) is 34.1 Å². The van der Waals surface area contributed by atoms with Crippen LogP contribution in [-0.2, 0) is 26.6 Å². The lowest BCUT2D eigenvalue weighted by Crippen LogP contribution is -2.13. The Bertz CT molecular complexity index is 686. The van der Waals surface area contributed by atoms with E-state index in [1.807, 2.05) is 36.4 Å². The molecular formula is C19H21BrO4S. The van der Waals surface area contributed by atoms with Crippen molar-refractivity contribution in [3.05, 3.63) is 71.2 Å². The van der Waals surface area contributed by atoms with E-state index in [1.54, 1.807) is 25.3 Å². The van der Waals surface area contributed by atoms with Gasteiger partial charge in [-0.2, -0.15) is 0 Å². The molecule has 0 aliphatic heterocycles. The standard InChI is InChI=1S/C19H21BrO4S/c1-3-17(23-14-15-4-8-18(22-2)9-5-15)12-13-24-25(21)19-10-6-16(20)7-11-19/h3-11,17H,1,12-14H2,2H3. The van der Waals surface area contributed by atoms with E-state index in [-0.39, 0.29) is 6.10 Å². The molecule has 0 radical (unpaired) electrons. The van der Waals surface area contributed by atoms with Crippen molar-refractivity contribution in [2.45, 2.75) is 24.0 Å². The van der Waals surface area contributed by atoms with Gasteiger partial charge in [-0.25, -0.2) is 4.21 Å². The Morgan fingerprint density at radius 1 is 1.16 bits per heavy atom. The minimum atomic E-state index is -1.48. The zero-order valence-corrected chi connectivity index (χ0v) is 16.4. The maximum absolute atomic E-state index is 12.1. The van der Waals surface area contributed by atoms with Gasteiger partial charge < -0.3 is 9.47 Å². The molecular weight excluding hydrogens is 404 g/mol. The second-order valence-corrected chi connectivity index (χ2v) is 7.32. The molecule has 0 heterocycles. The molecule has 0 N–H and O–H groups in total. The molecule has 2 aromatic rings. The summed E-state index contributed by atoms with van der Waals surface area (Å²) in [4.78, 5) is 0.637. The van der Waals surface area contributed by atoms with Gasteiger partial charge >= 0.3 is 0 Å². The maximum Gasteiger partial charge on any atom is 0.189 e. The predicted octanol–water partition coefficient (Wildman–Crippen LogP) is 4.66. The highest BCUT2D eigenvalue weighted by molar-refractivity contribution is 9.10. The summed E-state index contributed by atoms with van der Waals surface area (Å²) in [6.07, 6.45) is 2.15. The van der Waals surface area contributed by atoms with E-state index in [2.05, 4.69) is 22.5 Å². The van der Waals surface area contributed by atoms with Gasteiger partial charge in [0.25, 0.3) is 0 Å². The number of rotatable bonds is 10. The minimum Gasteiger partial charge on any atom is -0.497 e. The highest BCUT2D eigenvalue weighted by Gasteiger charge is 2.09. The van der Waals surface area contributed by atoms with E-state index >= 15 is 0 Å². The Balaban J connectivity index is 1.74. The van der Waals surface area contributed by atoms with Crippen LogP contribution in [0.3, 0.4) is 0 Å². The lowest BCUT2D eigenvalue weighted by Gasteiger charge is -2.14. The molecule has 25 heavy (non-hydrogen) atoms. The lowest BCUT2D eigenvalue weighted by atomic mass is 10.2. The van der Waals surface area contributed by atoms with Crippen molar-refractivity contribution in [3.8, 4) is 5.75 Å². The summed E-state index contributed by atoms with van der Waals surface area (Å²) in [7, 11) is 1.64. The fourth-order valence-corrected chi connectivity index (χ4v) is 3.05. The van der Waals surface area contributed by atoms with E-state index in [0.29, 0.717) is 24.5 Å². The normalized spacial score (nSPS) is 13.2. The zero-order chi connectivity index (χ0) is 18.1. The van der Waals surface area contributed by atoms with Crippen LogP contribution in [0.2, 0.25) is 0 Å². The van der Waals surface area contributed by atoms with E-state index in [4.69, 9.17) is 13.7 Å². The highest BCUT2D eigenvalue weighted by Crippen LogP contribution is 2.16. The summed E-state index contributed by atoms with van der Waals surface area (Å²) in [5.74, 6) is 0.813. The zero-order valence-electron chi connectivity index (χ0n) is 14.0. The average Bonchev–Trinajstić information content (AvgIpc) is 2.65. The van der Waals surface area contributed by atoms with Crippen LogP contribution in [0.1, 0.15) is 12.0 Å². The average molecular weight is 425 g/mol. The second-order valence-electron chi connectivity index (χ2n) is 5.23. The van der Waals surface area contributed by atoms with E-state index in [1.165, 1.54) is 0 Å². The number of hydrogen-bond acceptors (Lipinski definition) is 4. The third-order valence-electron chi connectivity index (χ3n) is 3.48.